The van der Waals surface area contributed by atoms with E-state index in [0.717, 1.165) is 0 Å². The number of rotatable bonds is 3. The first-order valence-corrected chi connectivity index (χ1v) is 4.17. The number of nitrogens with zero attached hydrogens (tertiary/aromatic N) is 1. The number of pyridine rings is 1. The van der Waals surface area contributed by atoms with Gasteiger partial charge in [0, 0.05) is 11.8 Å². The van der Waals surface area contributed by atoms with Crippen molar-refractivity contribution >= 4 is 23.6 Å². The van der Waals surface area contributed by atoms with Gasteiger partial charge in [0.1, 0.15) is 0 Å². The van der Waals surface area contributed by atoms with Crippen molar-refractivity contribution < 1.29 is 14.3 Å². The molecule has 0 saturated heterocycles. The summed E-state index contributed by atoms with van der Waals surface area (Å²) in [7, 11) is 0. The van der Waals surface area contributed by atoms with Crippen LogP contribution >= 0.6 is 11.6 Å². The van der Waals surface area contributed by atoms with E-state index in [0.29, 0.717) is 0 Å². The van der Waals surface area contributed by atoms with Crippen LogP contribution < -0.4 is 0 Å². The highest BCUT2D eigenvalue weighted by atomic mass is 35.5. The molecule has 0 aromatic carbocycles. The predicted octanol–water partition coefficient (Wildman–Crippen LogP) is 2.36. The van der Waals surface area contributed by atoms with Gasteiger partial charge < -0.3 is 5.11 Å². The fourth-order valence-corrected chi connectivity index (χ4v) is 1.01. The third-order valence-electron chi connectivity index (χ3n) is 1.47. The molecule has 74 valence electrons. The van der Waals surface area contributed by atoms with Crippen LogP contribution in [0.5, 0.6) is 0 Å². The number of aliphatic carboxylic acids is 1. The summed E-state index contributed by atoms with van der Waals surface area (Å²) >= 11 is 5.42. The van der Waals surface area contributed by atoms with E-state index in [4.69, 9.17) is 16.7 Å². The van der Waals surface area contributed by atoms with E-state index in [9.17, 15) is 9.18 Å². The van der Waals surface area contributed by atoms with Gasteiger partial charge in [0.15, 0.2) is 11.0 Å². The highest BCUT2D eigenvalue weighted by molar-refractivity contribution is 6.29. The third-order valence-corrected chi connectivity index (χ3v) is 1.73. The second-order valence-electron chi connectivity index (χ2n) is 2.51. The van der Waals surface area contributed by atoms with Crippen molar-refractivity contribution in [3.05, 3.63) is 34.9 Å². The largest absolute Gasteiger partial charge is 0.481 e. The van der Waals surface area contributed by atoms with E-state index in [1.165, 1.54) is 24.4 Å². The maximum absolute atomic E-state index is 13.1. The van der Waals surface area contributed by atoms with Crippen LogP contribution in [0.15, 0.2) is 18.3 Å². The lowest BCUT2D eigenvalue weighted by Crippen LogP contribution is -1.90. The van der Waals surface area contributed by atoms with Crippen molar-refractivity contribution in [2.24, 2.45) is 0 Å². The van der Waals surface area contributed by atoms with Crippen LogP contribution in [0.3, 0.4) is 0 Å². The molecule has 1 N–H and O–H groups in total. The first kappa shape index (κ1) is 10.7. The third kappa shape index (κ3) is 2.81. The molecule has 0 unspecified atom stereocenters. The van der Waals surface area contributed by atoms with Gasteiger partial charge in [-0.25, -0.2) is 9.37 Å². The van der Waals surface area contributed by atoms with Crippen molar-refractivity contribution in [2.45, 2.75) is 6.42 Å². The zero-order chi connectivity index (χ0) is 10.6. The average Bonchev–Trinajstić information content (AvgIpc) is 2.12. The molecule has 0 fully saturated rings. The Hall–Kier alpha value is -1.42. The van der Waals surface area contributed by atoms with Gasteiger partial charge in [-0.1, -0.05) is 23.8 Å². The van der Waals surface area contributed by atoms with Gasteiger partial charge in [0.05, 0.1) is 6.42 Å². The normalized spacial score (nSPS) is 10.7. The Labute approximate surface area is 84.8 Å². The minimum atomic E-state index is -0.971. The second-order valence-corrected chi connectivity index (χ2v) is 2.86. The van der Waals surface area contributed by atoms with Crippen LogP contribution in [-0.2, 0) is 4.79 Å². The summed E-state index contributed by atoms with van der Waals surface area (Å²) in [6, 6.07) is 1.42. The van der Waals surface area contributed by atoms with Crippen molar-refractivity contribution in [3.8, 4) is 0 Å². The molecule has 0 radical (unpaired) electrons. The number of halogens is 2. The first-order valence-electron chi connectivity index (χ1n) is 3.79. The van der Waals surface area contributed by atoms with Gasteiger partial charge in [0.2, 0.25) is 0 Å². The summed E-state index contributed by atoms with van der Waals surface area (Å²) in [5.74, 6) is -1.61. The molecule has 0 atom stereocenters. The summed E-state index contributed by atoms with van der Waals surface area (Å²) in [5, 5.41) is 8.11. The summed E-state index contributed by atoms with van der Waals surface area (Å²) in [6.07, 6.45) is 3.90. The quantitative estimate of drug-likeness (QED) is 0.788. The molecule has 0 aliphatic heterocycles. The van der Waals surface area contributed by atoms with Gasteiger partial charge in [-0.3, -0.25) is 4.79 Å². The molecular formula is C9H7ClFNO2. The van der Waals surface area contributed by atoms with Crippen molar-refractivity contribution in [1.82, 2.24) is 4.98 Å². The predicted molar refractivity (Wildman–Crippen MR) is 50.5 cm³/mol. The fraction of sp³-hybridized carbons (Fsp3) is 0.111. The number of carboxylic acids is 1. The van der Waals surface area contributed by atoms with Crippen LogP contribution in [-0.4, -0.2) is 16.1 Å². The topological polar surface area (TPSA) is 50.2 Å². The van der Waals surface area contributed by atoms with Crippen molar-refractivity contribution in [3.63, 3.8) is 0 Å². The molecule has 0 aliphatic rings. The van der Waals surface area contributed by atoms with E-state index in [1.807, 2.05) is 0 Å². The molecule has 0 bridgehead atoms. The van der Waals surface area contributed by atoms with Gasteiger partial charge in [0.25, 0.3) is 0 Å². The molecule has 0 saturated carbocycles. The van der Waals surface area contributed by atoms with E-state index >= 15 is 0 Å². The van der Waals surface area contributed by atoms with E-state index in [1.54, 1.807) is 0 Å². The average molecular weight is 216 g/mol. The lowest BCUT2D eigenvalue weighted by atomic mass is 10.2. The Morgan fingerprint density at radius 3 is 3.07 bits per heavy atom. The molecule has 0 spiro atoms. The maximum atomic E-state index is 13.1. The summed E-state index contributed by atoms with van der Waals surface area (Å²) in [6.45, 7) is 0. The Morgan fingerprint density at radius 2 is 2.43 bits per heavy atom. The Bertz CT molecular complexity index is 379. The molecular weight excluding hydrogens is 209 g/mol. The summed E-state index contributed by atoms with van der Waals surface area (Å²) in [5.41, 5.74) is 0.228. The van der Waals surface area contributed by atoms with Crippen LogP contribution in [0.1, 0.15) is 12.0 Å². The van der Waals surface area contributed by atoms with E-state index in [-0.39, 0.29) is 17.1 Å². The SMILES string of the molecule is O=C(O)CC=Cc1ccnc(Cl)c1F. The Kier molecular flexibility index (Phi) is 3.59. The first-order chi connectivity index (χ1) is 6.61. The van der Waals surface area contributed by atoms with Crippen molar-refractivity contribution in [1.29, 1.82) is 0 Å². The van der Waals surface area contributed by atoms with Crippen molar-refractivity contribution in [2.75, 3.05) is 0 Å². The van der Waals surface area contributed by atoms with E-state index in [2.05, 4.69) is 4.98 Å². The van der Waals surface area contributed by atoms with Gasteiger partial charge in [-0.2, -0.15) is 0 Å². The highest BCUT2D eigenvalue weighted by Crippen LogP contribution is 2.16. The lowest BCUT2D eigenvalue weighted by Gasteiger charge is -1.96. The monoisotopic (exact) mass is 215 g/mol. The molecule has 0 amide bonds. The molecule has 0 aliphatic carbocycles. The summed E-state index contributed by atoms with van der Waals surface area (Å²) < 4.78 is 13.1. The minimum absolute atomic E-state index is 0.153. The molecule has 3 nitrogen and oxygen atoms in total. The number of carbonyl (C=O) groups is 1. The number of aromatic nitrogens is 1. The maximum Gasteiger partial charge on any atom is 0.307 e. The number of carboxylic acid groups (broad SMARTS) is 1. The molecule has 1 rings (SSSR count). The number of hydrogen-bond donors (Lipinski definition) is 1. The Balaban J connectivity index is 2.81. The van der Waals surface area contributed by atoms with Crippen LogP contribution in [0, 0.1) is 5.82 Å². The standard InChI is InChI=1S/C9H7ClFNO2/c10-9-8(11)6(4-5-12-9)2-1-3-7(13)14/h1-2,4-5H,3H2,(H,13,14). The number of hydrogen-bond acceptors (Lipinski definition) is 2. The molecule has 1 aromatic heterocycles. The Morgan fingerprint density at radius 1 is 1.71 bits per heavy atom. The minimum Gasteiger partial charge on any atom is -0.481 e. The smallest absolute Gasteiger partial charge is 0.307 e. The zero-order valence-corrected chi connectivity index (χ0v) is 7.83. The highest BCUT2D eigenvalue weighted by Gasteiger charge is 2.03. The lowest BCUT2D eigenvalue weighted by molar-refractivity contribution is -0.135. The summed E-state index contributed by atoms with van der Waals surface area (Å²) in [4.78, 5) is 13.7. The molecule has 5 heteroatoms. The molecule has 1 heterocycles. The van der Waals surface area contributed by atoms with Crippen LogP contribution in [0.25, 0.3) is 6.08 Å². The second kappa shape index (κ2) is 4.72. The van der Waals surface area contributed by atoms with Crippen LogP contribution in [0.2, 0.25) is 5.15 Å². The van der Waals surface area contributed by atoms with Gasteiger partial charge in [-0.15, -0.1) is 0 Å². The van der Waals surface area contributed by atoms with E-state index < -0.39 is 11.8 Å². The fourth-order valence-electron chi connectivity index (χ4n) is 0.847. The van der Waals surface area contributed by atoms with Gasteiger partial charge in [-0.05, 0) is 6.07 Å². The zero-order valence-electron chi connectivity index (χ0n) is 7.08. The van der Waals surface area contributed by atoms with Gasteiger partial charge >= 0.3 is 5.97 Å². The molecule has 14 heavy (non-hydrogen) atoms. The van der Waals surface area contributed by atoms with Crippen LogP contribution in [0.4, 0.5) is 4.39 Å². The molecule has 1 aromatic rings.